The Morgan fingerprint density at radius 1 is 0.274 bits per heavy atom. The molecule has 0 fully saturated rings. The lowest BCUT2D eigenvalue weighted by atomic mass is 9.75. The van der Waals surface area contributed by atoms with E-state index in [1.54, 1.807) is 0 Å². The normalized spacial score (nSPS) is 18.3. The minimum atomic E-state index is -1.10. The zero-order valence-corrected chi connectivity index (χ0v) is 53.4. The van der Waals surface area contributed by atoms with Gasteiger partial charge in [0.15, 0.2) is 0 Å². The SMILES string of the molecule is CCCCCCC1c2cc3c4cc2OB(OCC(C)C)Oc2cc5c(cc21)C(CCCCCC)c1cc2c(cc1OB(OCC(C)C)O5)OB(OCC(C)C)Oc1cc(c(cc1C2CCCCCC)C3CCCCCC)OB(OCC(C)C)O4. The first-order valence-corrected chi connectivity index (χ1v) is 33.3. The first-order valence-electron chi connectivity index (χ1n) is 33.3. The summed E-state index contributed by atoms with van der Waals surface area (Å²) in [6.07, 6.45) is 21.0. The quantitative estimate of drug-likeness (QED) is 0.0343. The van der Waals surface area contributed by atoms with E-state index >= 15 is 0 Å². The van der Waals surface area contributed by atoms with Gasteiger partial charge in [-0.1, -0.05) is 186 Å². The molecule has 1 aliphatic carbocycles. The fourth-order valence-corrected chi connectivity index (χ4v) is 12.7. The highest BCUT2D eigenvalue weighted by molar-refractivity contribution is 6.40. The van der Waals surface area contributed by atoms with Crippen LogP contribution in [-0.2, 0) is 18.6 Å². The molecule has 456 valence electrons. The summed E-state index contributed by atoms with van der Waals surface area (Å²) in [5, 5.41) is 0. The van der Waals surface area contributed by atoms with Crippen molar-refractivity contribution < 1.29 is 55.9 Å². The average Bonchev–Trinajstić information content (AvgIpc) is 2.43. The van der Waals surface area contributed by atoms with E-state index < -0.39 is 29.3 Å². The van der Waals surface area contributed by atoms with Crippen molar-refractivity contribution in [2.45, 2.75) is 235 Å². The lowest BCUT2D eigenvalue weighted by Crippen LogP contribution is -2.39. The minimum Gasteiger partial charge on any atom is -0.500 e. The standard InChI is InChI=1S/C68H100B4O12/c1-13-17-21-25-29-49-53-33-55-50(30-26-22-18-14-2)57-35-59-52(32-28-24-20-16-4)60-36-58-51(31-27-23-19-15-3)56-34-54(49)62-38-64(56)80-71(75-43-47(9)10)82-66(58)40-68(60)84-72(76-44-48(11)12)83-67(59)39-65(57)81-70(74-42-46(7)8)79-63(55)37-61(53)77-69(78-62)73-41-45(5)6/h33-40,45-52H,13-32,41-44H2,1-12H3. The third-order valence-corrected chi connectivity index (χ3v) is 17.0. The van der Waals surface area contributed by atoms with Gasteiger partial charge in [0.25, 0.3) is 0 Å². The van der Waals surface area contributed by atoms with Crippen molar-refractivity contribution in [1.29, 1.82) is 0 Å². The van der Waals surface area contributed by atoms with Gasteiger partial charge in [-0.05, 0) is 73.6 Å². The van der Waals surface area contributed by atoms with Crippen LogP contribution >= 0.6 is 0 Å². The molecule has 0 saturated carbocycles. The van der Waals surface area contributed by atoms with E-state index in [4.69, 9.17) is 55.9 Å². The van der Waals surface area contributed by atoms with Gasteiger partial charge in [-0.15, -0.1) is 0 Å². The Bertz CT molecular complexity index is 2250. The third-order valence-electron chi connectivity index (χ3n) is 17.0. The number of benzene rings is 4. The van der Waals surface area contributed by atoms with Crippen molar-refractivity contribution >= 4 is 29.3 Å². The Balaban J connectivity index is 1.43. The second-order valence-electron chi connectivity index (χ2n) is 26.3. The van der Waals surface area contributed by atoms with Crippen molar-refractivity contribution in [2.24, 2.45) is 23.7 Å². The Morgan fingerprint density at radius 2 is 0.452 bits per heavy atom. The molecule has 4 aromatic carbocycles. The van der Waals surface area contributed by atoms with Gasteiger partial charge in [-0.3, -0.25) is 0 Å². The lowest BCUT2D eigenvalue weighted by molar-refractivity contribution is 0.170. The van der Waals surface area contributed by atoms with Crippen LogP contribution in [0.15, 0.2) is 48.5 Å². The molecule has 16 heteroatoms. The van der Waals surface area contributed by atoms with E-state index in [9.17, 15) is 0 Å². The van der Waals surface area contributed by atoms with Crippen LogP contribution in [-0.4, -0.2) is 55.7 Å². The molecule has 4 aromatic rings. The zero-order chi connectivity index (χ0) is 59.3. The summed E-state index contributed by atoms with van der Waals surface area (Å²) in [6.45, 7) is 27.9. The molecule has 0 aromatic heterocycles. The fraction of sp³-hybridized carbons (Fsp3) is 0.647. The topological polar surface area (TPSA) is 111 Å². The highest BCUT2D eigenvalue weighted by atomic mass is 16.8. The molecule has 8 bridgehead atoms. The molecule has 0 saturated heterocycles. The molecule has 0 amide bonds. The number of rotatable bonds is 32. The van der Waals surface area contributed by atoms with Crippen molar-refractivity contribution in [1.82, 2.24) is 0 Å². The minimum absolute atomic E-state index is 0.148. The van der Waals surface area contributed by atoms with Crippen LogP contribution in [0, 0.1) is 23.7 Å². The maximum absolute atomic E-state index is 7.16. The van der Waals surface area contributed by atoms with Gasteiger partial charge in [0.05, 0.1) is 0 Å². The van der Waals surface area contributed by atoms with Crippen LogP contribution in [0.5, 0.6) is 46.0 Å². The van der Waals surface area contributed by atoms with Crippen molar-refractivity contribution in [2.75, 3.05) is 26.4 Å². The lowest BCUT2D eigenvalue weighted by Gasteiger charge is -2.37. The molecule has 4 aliphatic heterocycles. The maximum Gasteiger partial charge on any atom is 0.788 e. The molecule has 0 atom stereocenters. The van der Waals surface area contributed by atoms with Gasteiger partial charge in [0, 0.05) is 119 Å². The molecule has 9 rings (SSSR count). The number of hydrogen-bond donors (Lipinski definition) is 0. The maximum atomic E-state index is 7.16. The first kappa shape index (κ1) is 63.9. The van der Waals surface area contributed by atoms with E-state index in [0.717, 1.165) is 173 Å². The predicted octanol–water partition coefficient (Wildman–Crippen LogP) is 18.1. The van der Waals surface area contributed by atoms with Crippen LogP contribution in [0.25, 0.3) is 0 Å². The van der Waals surface area contributed by atoms with E-state index in [1.165, 1.54) is 0 Å². The van der Waals surface area contributed by atoms with E-state index in [1.807, 2.05) is 0 Å². The summed E-state index contributed by atoms with van der Waals surface area (Å²) < 4.78 is 84.0. The second-order valence-corrected chi connectivity index (χ2v) is 26.3. The van der Waals surface area contributed by atoms with Crippen LogP contribution in [0.2, 0.25) is 0 Å². The molecule has 0 spiro atoms. The highest BCUT2D eigenvalue weighted by Gasteiger charge is 2.45. The summed E-state index contributed by atoms with van der Waals surface area (Å²) in [4.78, 5) is 0. The fourth-order valence-electron chi connectivity index (χ4n) is 12.7. The van der Waals surface area contributed by atoms with Crippen LogP contribution in [0.4, 0.5) is 0 Å². The monoisotopic (exact) mass is 1150 g/mol. The van der Waals surface area contributed by atoms with E-state index in [-0.39, 0.29) is 47.3 Å². The second kappa shape index (κ2) is 30.8. The molecule has 5 aliphatic rings. The predicted molar refractivity (Wildman–Crippen MR) is 339 cm³/mol. The molecule has 12 nitrogen and oxygen atoms in total. The largest absolute Gasteiger partial charge is 0.788 e. The smallest absolute Gasteiger partial charge is 0.500 e. The van der Waals surface area contributed by atoms with Gasteiger partial charge in [-0.2, -0.15) is 0 Å². The molecular weight excluding hydrogens is 1050 g/mol. The summed E-state index contributed by atoms with van der Waals surface area (Å²) >= 11 is 0. The van der Waals surface area contributed by atoms with Crippen molar-refractivity contribution in [3.63, 3.8) is 0 Å². The Hall–Kier alpha value is -4.62. The van der Waals surface area contributed by atoms with Gasteiger partial charge in [0.1, 0.15) is 46.0 Å². The van der Waals surface area contributed by atoms with Gasteiger partial charge < -0.3 is 55.9 Å². The van der Waals surface area contributed by atoms with Gasteiger partial charge in [-0.25, -0.2) is 0 Å². The zero-order valence-electron chi connectivity index (χ0n) is 53.4. The molecular formula is C68H100B4O12. The van der Waals surface area contributed by atoms with Crippen molar-refractivity contribution in [3.05, 3.63) is 93.0 Å². The summed E-state index contributed by atoms with van der Waals surface area (Å²) in [7, 11) is -4.41. The molecule has 4 heterocycles. The third kappa shape index (κ3) is 16.1. The number of unbranched alkanes of at least 4 members (excludes halogenated alkanes) is 12. The summed E-state index contributed by atoms with van der Waals surface area (Å²) in [5.74, 6) is 5.51. The Labute approximate surface area is 507 Å². The van der Waals surface area contributed by atoms with E-state index in [2.05, 4.69) is 132 Å². The van der Waals surface area contributed by atoms with Crippen molar-refractivity contribution in [3.8, 4) is 46.0 Å². The summed E-state index contributed by atoms with van der Waals surface area (Å²) in [6, 6.07) is 18.1. The Morgan fingerprint density at radius 3 is 0.607 bits per heavy atom. The molecule has 0 unspecified atom stereocenters. The van der Waals surface area contributed by atoms with E-state index in [0.29, 0.717) is 72.4 Å². The van der Waals surface area contributed by atoms with Gasteiger partial charge in [0.2, 0.25) is 0 Å². The summed E-state index contributed by atoms with van der Waals surface area (Å²) in [5.41, 5.74) is 8.63. The Kier molecular flexibility index (Phi) is 23.4. The van der Waals surface area contributed by atoms with Crippen LogP contribution < -0.4 is 37.2 Å². The average molecular weight is 1150 g/mol. The molecule has 0 radical (unpaired) electrons. The molecule has 84 heavy (non-hydrogen) atoms. The molecule has 0 N–H and O–H groups in total. The van der Waals surface area contributed by atoms with Crippen LogP contribution in [0.1, 0.15) is 280 Å². The van der Waals surface area contributed by atoms with Gasteiger partial charge >= 0.3 is 29.3 Å². The number of hydrogen-bond acceptors (Lipinski definition) is 12. The highest BCUT2D eigenvalue weighted by Crippen LogP contribution is 2.56. The first-order chi connectivity index (χ1) is 40.7. The van der Waals surface area contributed by atoms with Crippen LogP contribution in [0.3, 0.4) is 0 Å².